The van der Waals surface area contributed by atoms with E-state index in [2.05, 4.69) is 6.92 Å². The fraction of sp³-hybridized carbons (Fsp3) is 1.00. The van der Waals surface area contributed by atoms with E-state index in [1.807, 2.05) is 0 Å². The maximum Gasteiger partial charge on any atom is 0.151 e. The molecule has 1 fully saturated rings. The lowest BCUT2D eigenvalue weighted by atomic mass is 10.3. The van der Waals surface area contributed by atoms with Gasteiger partial charge in [-0.3, -0.25) is 4.21 Å². The summed E-state index contributed by atoms with van der Waals surface area (Å²) < 4.78 is 33.9. The molecule has 0 aromatic rings. The second-order valence-electron chi connectivity index (χ2n) is 3.82. The van der Waals surface area contributed by atoms with Gasteiger partial charge in [0.15, 0.2) is 9.84 Å². The normalized spacial score (nSPS) is 27.6. The third-order valence-electron chi connectivity index (χ3n) is 2.51. The lowest BCUT2D eigenvalue weighted by Gasteiger charge is -2.06. The zero-order valence-corrected chi connectivity index (χ0v) is 10.2. The van der Waals surface area contributed by atoms with Crippen molar-refractivity contribution in [3.05, 3.63) is 0 Å². The SMILES string of the molecule is CCCCCS(=O)C1CCS(=O)(=O)C1. The summed E-state index contributed by atoms with van der Waals surface area (Å²) >= 11 is 0. The fourth-order valence-corrected chi connectivity index (χ4v) is 5.75. The molecule has 0 spiro atoms. The summed E-state index contributed by atoms with van der Waals surface area (Å²) in [6.45, 7) is 2.10. The van der Waals surface area contributed by atoms with E-state index >= 15 is 0 Å². The van der Waals surface area contributed by atoms with Crippen LogP contribution in [0.2, 0.25) is 0 Å². The van der Waals surface area contributed by atoms with Gasteiger partial charge in [-0.15, -0.1) is 0 Å². The predicted octanol–water partition coefficient (Wildman–Crippen LogP) is 1.11. The topological polar surface area (TPSA) is 51.2 Å². The first kappa shape index (κ1) is 12.2. The summed E-state index contributed by atoms with van der Waals surface area (Å²) in [5.41, 5.74) is 0. The highest BCUT2D eigenvalue weighted by atomic mass is 32.2. The third-order valence-corrected chi connectivity index (χ3v) is 6.33. The molecule has 3 nitrogen and oxygen atoms in total. The number of rotatable bonds is 5. The molecule has 0 aromatic heterocycles. The van der Waals surface area contributed by atoms with Gasteiger partial charge in [0.25, 0.3) is 0 Å². The van der Waals surface area contributed by atoms with Crippen LogP contribution in [0.3, 0.4) is 0 Å². The van der Waals surface area contributed by atoms with Gasteiger partial charge < -0.3 is 0 Å². The van der Waals surface area contributed by atoms with E-state index in [0.29, 0.717) is 12.2 Å². The number of sulfone groups is 1. The largest absolute Gasteiger partial charge is 0.259 e. The first-order chi connectivity index (χ1) is 6.55. The molecule has 0 aliphatic carbocycles. The lowest BCUT2D eigenvalue weighted by molar-refractivity contribution is 0.602. The Morgan fingerprint density at radius 2 is 2.07 bits per heavy atom. The van der Waals surface area contributed by atoms with Crippen LogP contribution in [-0.4, -0.2) is 35.1 Å². The Bertz CT molecular complexity index is 295. The second kappa shape index (κ2) is 5.26. The minimum atomic E-state index is -2.86. The number of hydrogen-bond donors (Lipinski definition) is 0. The van der Waals surface area contributed by atoms with Gasteiger partial charge >= 0.3 is 0 Å². The summed E-state index contributed by atoms with van der Waals surface area (Å²) in [5, 5.41) is -0.0862. The summed E-state index contributed by atoms with van der Waals surface area (Å²) in [6.07, 6.45) is 3.76. The van der Waals surface area contributed by atoms with Gasteiger partial charge in [0.05, 0.1) is 11.5 Å². The molecule has 0 N–H and O–H groups in total. The molecule has 2 atom stereocenters. The smallest absolute Gasteiger partial charge is 0.151 e. The Balaban J connectivity index is 2.33. The molecule has 1 aliphatic heterocycles. The molecule has 1 heterocycles. The van der Waals surface area contributed by atoms with Crippen LogP contribution < -0.4 is 0 Å². The molecule has 1 rings (SSSR count). The minimum absolute atomic E-state index is 0.0862. The van der Waals surface area contributed by atoms with Gasteiger partial charge in [0.1, 0.15) is 0 Å². The van der Waals surface area contributed by atoms with Crippen LogP contribution in [0.25, 0.3) is 0 Å². The van der Waals surface area contributed by atoms with Crippen LogP contribution in [0.4, 0.5) is 0 Å². The van der Waals surface area contributed by atoms with Crippen molar-refractivity contribution in [1.29, 1.82) is 0 Å². The first-order valence-electron chi connectivity index (χ1n) is 5.13. The summed E-state index contributed by atoms with van der Waals surface area (Å²) in [6, 6.07) is 0. The molecule has 1 saturated heterocycles. The molecule has 84 valence electrons. The van der Waals surface area contributed by atoms with Gasteiger partial charge in [-0.25, -0.2) is 8.42 Å². The van der Waals surface area contributed by atoms with Gasteiger partial charge in [0.2, 0.25) is 0 Å². The molecule has 0 amide bonds. The third kappa shape index (κ3) is 3.69. The van der Waals surface area contributed by atoms with E-state index < -0.39 is 20.6 Å². The minimum Gasteiger partial charge on any atom is -0.259 e. The average Bonchev–Trinajstić information content (AvgIpc) is 2.46. The molecule has 5 heteroatoms. The zero-order valence-electron chi connectivity index (χ0n) is 8.57. The maximum atomic E-state index is 11.7. The highest BCUT2D eigenvalue weighted by molar-refractivity contribution is 7.94. The standard InChI is InChI=1S/C9H18O3S2/c1-2-3-4-6-13(10)9-5-7-14(11,12)8-9/h9H,2-8H2,1H3. The van der Waals surface area contributed by atoms with Gasteiger partial charge in [0, 0.05) is 21.8 Å². The van der Waals surface area contributed by atoms with Crippen molar-refractivity contribution in [2.24, 2.45) is 0 Å². The molecule has 0 aromatic carbocycles. The Labute approximate surface area is 88.7 Å². The van der Waals surface area contributed by atoms with Crippen molar-refractivity contribution >= 4 is 20.6 Å². The van der Waals surface area contributed by atoms with Crippen LogP contribution in [0.5, 0.6) is 0 Å². The molecule has 0 saturated carbocycles. The van der Waals surface area contributed by atoms with Crippen molar-refractivity contribution in [3.63, 3.8) is 0 Å². The summed E-state index contributed by atoms with van der Waals surface area (Å²) in [7, 11) is -3.79. The maximum absolute atomic E-state index is 11.7. The van der Waals surface area contributed by atoms with E-state index in [1.54, 1.807) is 0 Å². The Morgan fingerprint density at radius 3 is 2.57 bits per heavy atom. The molecule has 0 bridgehead atoms. The van der Waals surface area contributed by atoms with Crippen LogP contribution in [0.1, 0.15) is 32.6 Å². The summed E-state index contributed by atoms with van der Waals surface area (Å²) in [4.78, 5) is 0. The molecular formula is C9H18O3S2. The van der Waals surface area contributed by atoms with Crippen LogP contribution in [0, 0.1) is 0 Å². The molecule has 14 heavy (non-hydrogen) atoms. The number of unbranched alkanes of at least 4 members (excludes halogenated alkanes) is 2. The molecule has 0 radical (unpaired) electrons. The summed E-state index contributed by atoms with van der Waals surface area (Å²) in [5.74, 6) is 1.05. The monoisotopic (exact) mass is 238 g/mol. The Morgan fingerprint density at radius 1 is 1.36 bits per heavy atom. The van der Waals surface area contributed by atoms with Gasteiger partial charge in [-0.05, 0) is 12.8 Å². The lowest BCUT2D eigenvalue weighted by Crippen LogP contribution is -2.19. The van der Waals surface area contributed by atoms with E-state index in [0.717, 1.165) is 19.3 Å². The second-order valence-corrected chi connectivity index (χ2v) is 7.88. The first-order valence-corrected chi connectivity index (χ1v) is 8.33. The Hall–Kier alpha value is 0.1000. The van der Waals surface area contributed by atoms with E-state index in [9.17, 15) is 12.6 Å². The van der Waals surface area contributed by atoms with Gasteiger partial charge in [-0.1, -0.05) is 19.8 Å². The van der Waals surface area contributed by atoms with E-state index in [4.69, 9.17) is 0 Å². The molecule has 2 unspecified atom stereocenters. The van der Waals surface area contributed by atoms with Crippen molar-refractivity contribution in [2.45, 2.75) is 37.9 Å². The highest BCUT2D eigenvalue weighted by Crippen LogP contribution is 2.17. The average molecular weight is 238 g/mol. The fourth-order valence-electron chi connectivity index (χ4n) is 1.63. The molecule has 1 aliphatic rings. The predicted molar refractivity (Wildman–Crippen MR) is 59.6 cm³/mol. The van der Waals surface area contributed by atoms with Crippen molar-refractivity contribution in [1.82, 2.24) is 0 Å². The van der Waals surface area contributed by atoms with E-state index in [1.165, 1.54) is 0 Å². The van der Waals surface area contributed by atoms with Crippen LogP contribution >= 0.6 is 0 Å². The van der Waals surface area contributed by atoms with Crippen molar-refractivity contribution in [3.8, 4) is 0 Å². The number of hydrogen-bond acceptors (Lipinski definition) is 3. The van der Waals surface area contributed by atoms with Crippen LogP contribution in [-0.2, 0) is 20.6 Å². The Kier molecular flexibility index (Phi) is 4.57. The highest BCUT2D eigenvalue weighted by Gasteiger charge is 2.31. The van der Waals surface area contributed by atoms with Gasteiger partial charge in [-0.2, -0.15) is 0 Å². The quantitative estimate of drug-likeness (QED) is 0.674. The molecular weight excluding hydrogens is 220 g/mol. The van der Waals surface area contributed by atoms with Crippen molar-refractivity contribution in [2.75, 3.05) is 17.3 Å². The zero-order chi connectivity index (χ0) is 10.6. The van der Waals surface area contributed by atoms with Crippen LogP contribution in [0.15, 0.2) is 0 Å². The van der Waals surface area contributed by atoms with Crippen molar-refractivity contribution < 1.29 is 12.6 Å². The van der Waals surface area contributed by atoms with E-state index in [-0.39, 0.29) is 16.8 Å².